The molecule has 6 nitrogen and oxygen atoms in total. The Bertz CT molecular complexity index is 613. The zero-order valence-corrected chi connectivity index (χ0v) is 10.4. The topological polar surface area (TPSA) is 103 Å². The highest BCUT2D eigenvalue weighted by atomic mass is 16.5. The number of pyridine rings is 1. The van der Waals surface area contributed by atoms with Crippen molar-refractivity contribution >= 4 is 23.1 Å². The largest absolute Gasteiger partial charge is 0.437 e. The number of nitrogens with one attached hydrogen (secondary N) is 1. The summed E-state index contributed by atoms with van der Waals surface area (Å²) < 4.78 is 5.58. The van der Waals surface area contributed by atoms with E-state index in [2.05, 4.69) is 10.3 Å². The minimum absolute atomic E-state index is 0.180. The normalized spacial score (nSPS) is 9.95. The van der Waals surface area contributed by atoms with Crippen LogP contribution in [0, 0.1) is 0 Å². The molecule has 1 aromatic carbocycles. The quantitative estimate of drug-likeness (QED) is 0.781. The monoisotopic (exact) mass is 258 g/mol. The predicted molar refractivity (Wildman–Crippen MR) is 73.9 cm³/mol. The number of carbonyl (C=O) groups excluding carboxylic acids is 1. The van der Waals surface area contributed by atoms with Gasteiger partial charge >= 0.3 is 0 Å². The Morgan fingerprint density at radius 1 is 1.21 bits per heavy atom. The molecule has 1 aromatic heterocycles. The van der Waals surface area contributed by atoms with Gasteiger partial charge in [0.2, 0.25) is 11.8 Å². The van der Waals surface area contributed by atoms with Crippen molar-refractivity contribution in [3.63, 3.8) is 0 Å². The second kappa shape index (κ2) is 5.26. The van der Waals surface area contributed by atoms with Gasteiger partial charge in [-0.15, -0.1) is 0 Å². The summed E-state index contributed by atoms with van der Waals surface area (Å²) in [6.07, 6.45) is 0. The van der Waals surface area contributed by atoms with E-state index in [0.29, 0.717) is 23.0 Å². The lowest BCUT2D eigenvalue weighted by atomic mass is 10.3. The van der Waals surface area contributed by atoms with Gasteiger partial charge in [-0.05, 0) is 18.2 Å². The molecule has 2 rings (SSSR count). The molecule has 1 heterocycles. The summed E-state index contributed by atoms with van der Waals surface area (Å²) in [5, 5.41) is 2.67. The molecule has 0 saturated heterocycles. The Balaban J connectivity index is 2.27. The number of nitrogens with zero attached hydrogens (tertiary/aromatic N) is 1. The molecular formula is C13H14N4O2. The van der Waals surface area contributed by atoms with Crippen LogP contribution in [-0.4, -0.2) is 10.9 Å². The van der Waals surface area contributed by atoms with Crippen LogP contribution in [0.3, 0.4) is 0 Å². The number of para-hydroxylation sites is 2. The number of amides is 1. The van der Waals surface area contributed by atoms with Crippen LogP contribution in [0.5, 0.6) is 11.6 Å². The van der Waals surface area contributed by atoms with Crippen molar-refractivity contribution < 1.29 is 9.53 Å². The molecule has 1 amide bonds. The lowest BCUT2D eigenvalue weighted by molar-refractivity contribution is -0.114. The smallest absolute Gasteiger partial charge is 0.221 e. The van der Waals surface area contributed by atoms with Gasteiger partial charge in [-0.25, -0.2) is 0 Å². The molecule has 98 valence electrons. The van der Waals surface area contributed by atoms with E-state index in [1.807, 2.05) is 0 Å². The van der Waals surface area contributed by atoms with Gasteiger partial charge in [0.15, 0.2) is 11.6 Å². The summed E-state index contributed by atoms with van der Waals surface area (Å²) in [6, 6.07) is 10.3. The highest BCUT2D eigenvalue weighted by Crippen LogP contribution is 2.29. The molecule has 0 aliphatic heterocycles. The number of aromatic nitrogens is 1. The molecule has 19 heavy (non-hydrogen) atoms. The van der Waals surface area contributed by atoms with E-state index < -0.39 is 0 Å². The first-order valence-electron chi connectivity index (χ1n) is 5.62. The summed E-state index contributed by atoms with van der Waals surface area (Å²) in [4.78, 5) is 15.1. The number of rotatable bonds is 3. The molecule has 0 fully saturated rings. The highest BCUT2D eigenvalue weighted by molar-refractivity contribution is 5.90. The fraction of sp³-hybridized carbons (Fsp3) is 0.0769. The van der Waals surface area contributed by atoms with Gasteiger partial charge in [0.25, 0.3) is 0 Å². The molecule has 0 radical (unpaired) electrons. The van der Waals surface area contributed by atoms with Gasteiger partial charge in [-0.2, -0.15) is 4.98 Å². The van der Waals surface area contributed by atoms with E-state index in [-0.39, 0.29) is 11.7 Å². The number of carbonyl (C=O) groups is 1. The van der Waals surface area contributed by atoms with E-state index in [4.69, 9.17) is 16.2 Å². The van der Waals surface area contributed by atoms with Gasteiger partial charge in [-0.1, -0.05) is 12.1 Å². The van der Waals surface area contributed by atoms with Crippen molar-refractivity contribution in [2.24, 2.45) is 0 Å². The third-order valence-corrected chi connectivity index (χ3v) is 2.34. The lowest BCUT2D eigenvalue weighted by Crippen LogP contribution is -2.07. The lowest BCUT2D eigenvalue weighted by Gasteiger charge is -2.11. The molecule has 5 N–H and O–H groups in total. The highest BCUT2D eigenvalue weighted by Gasteiger charge is 2.07. The summed E-state index contributed by atoms with van der Waals surface area (Å²) >= 11 is 0. The van der Waals surface area contributed by atoms with E-state index in [1.165, 1.54) is 6.92 Å². The van der Waals surface area contributed by atoms with Crippen molar-refractivity contribution in [1.82, 2.24) is 4.98 Å². The fourth-order valence-electron chi connectivity index (χ4n) is 1.49. The minimum Gasteiger partial charge on any atom is -0.437 e. The van der Waals surface area contributed by atoms with Gasteiger partial charge in [0.1, 0.15) is 0 Å². The molecule has 0 spiro atoms. The Hall–Kier alpha value is -2.76. The zero-order chi connectivity index (χ0) is 13.8. The number of anilines is 3. The first-order chi connectivity index (χ1) is 9.06. The van der Waals surface area contributed by atoms with Crippen LogP contribution in [0.4, 0.5) is 17.2 Å². The molecule has 0 aliphatic rings. The minimum atomic E-state index is -0.180. The van der Waals surface area contributed by atoms with E-state index in [0.717, 1.165) is 0 Å². The maximum Gasteiger partial charge on any atom is 0.221 e. The van der Waals surface area contributed by atoms with E-state index in [1.54, 1.807) is 36.4 Å². The maximum absolute atomic E-state index is 11.1. The summed E-state index contributed by atoms with van der Waals surface area (Å²) in [5.41, 5.74) is 12.1. The summed E-state index contributed by atoms with van der Waals surface area (Å²) in [7, 11) is 0. The van der Waals surface area contributed by atoms with Crippen LogP contribution in [-0.2, 0) is 4.79 Å². The Kier molecular flexibility index (Phi) is 3.51. The molecule has 0 unspecified atom stereocenters. The van der Waals surface area contributed by atoms with Crippen LogP contribution in [0.15, 0.2) is 36.4 Å². The molecule has 0 bridgehead atoms. The third-order valence-electron chi connectivity index (χ3n) is 2.34. The van der Waals surface area contributed by atoms with Crippen molar-refractivity contribution in [1.29, 1.82) is 0 Å². The SMILES string of the molecule is CC(=O)Nc1ccccc1Oc1ccc(N)c(N)n1. The van der Waals surface area contributed by atoms with Crippen LogP contribution in [0.1, 0.15) is 6.92 Å². The van der Waals surface area contributed by atoms with Crippen molar-refractivity contribution in [2.45, 2.75) is 6.92 Å². The second-order valence-corrected chi connectivity index (χ2v) is 3.90. The molecule has 6 heteroatoms. The van der Waals surface area contributed by atoms with Gasteiger partial charge in [0, 0.05) is 13.0 Å². The molecule has 0 aliphatic carbocycles. The molecule has 0 saturated carbocycles. The fourth-order valence-corrected chi connectivity index (χ4v) is 1.49. The first kappa shape index (κ1) is 12.7. The number of hydrogen-bond acceptors (Lipinski definition) is 5. The number of nitrogens with two attached hydrogens (primary N) is 2. The van der Waals surface area contributed by atoms with Crippen molar-refractivity contribution in [3.05, 3.63) is 36.4 Å². The van der Waals surface area contributed by atoms with Crippen LogP contribution in [0.2, 0.25) is 0 Å². The summed E-state index contributed by atoms with van der Waals surface area (Å²) in [6.45, 7) is 1.43. The van der Waals surface area contributed by atoms with Gasteiger partial charge in [0.05, 0.1) is 11.4 Å². The standard InChI is InChI=1S/C13H14N4O2/c1-8(18)16-10-4-2-3-5-11(10)19-12-7-6-9(14)13(15)17-12/h2-7H,14H2,1H3,(H2,15,17)(H,16,18). The second-order valence-electron chi connectivity index (χ2n) is 3.90. The average molecular weight is 258 g/mol. The first-order valence-corrected chi connectivity index (χ1v) is 5.62. The predicted octanol–water partition coefficient (Wildman–Crippen LogP) is 2.00. The Labute approximate surface area is 110 Å². The molecule has 0 atom stereocenters. The molecular weight excluding hydrogens is 244 g/mol. The van der Waals surface area contributed by atoms with Gasteiger partial charge < -0.3 is 21.5 Å². The van der Waals surface area contributed by atoms with E-state index >= 15 is 0 Å². The van der Waals surface area contributed by atoms with Crippen LogP contribution in [0.25, 0.3) is 0 Å². The number of nitrogen functional groups attached to an aromatic ring is 2. The Morgan fingerprint density at radius 3 is 2.63 bits per heavy atom. The van der Waals surface area contributed by atoms with Crippen molar-refractivity contribution in [3.8, 4) is 11.6 Å². The van der Waals surface area contributed by atoms with E-state index in [9.17, 15) is 4.79 Å². The number of ether oxygens (including phenoxy) is 1. The van der Waals surface area contributed by atoms with Gasteiger partial charge in [-0.3, -0.25) is 4.79 Å². The van der Waals surface area contributed by atoms with Crippen LogP contribution < -0.4 is 21.5 Å². The maximum atomic E-state index is 11.1. The van der Waals surface area contributed by atoms with Crippen molar-refractivity contribution in [2.75, 3.05) is 16.8 Å². The average Bonchev–Trinajstić information content (AvgIpc) is 2.36. The number of hydrogen-bond donors (Lipinski definition) is 3. The zero-order valence-electron chi connectivity index (χ0n) is 10.4. The summed E-state index contributed by atoms with van der Waals surface area (Å²) in [5.74, 6) is 0.814. The molecule has 2 aromatic rings. The Morgan fingerprint density at radius 2 is 1.95 bits per heavy atom. The number of benzene rings is 1. The third kappa shape index (κ3) is 3.12. The van der Waals surface area contributed by atoms with Crippen LogP contribution >= 0.6 is 0 Å².